The van der Waals surface area contributed by atoms with E-state index >= 15 is 0 Å². The summed E-state index contributed by atoms with van der Waals surface area (Å²) >= 11 is 0. The van der Waals surface area contributed by atoms with Gasteiger partial charge in [0.05, 0.1) is 18.8 Å². The molecular formula is C33H44ClN3O7. The fourth-order valence-electron chi connectivity index (χ4n) is 6.79. The number of carbonyl (C=O) groups is 3. The van der Waals surface area contributed by atoms with Crippen LogP contribution in [0.15, 0.2) is 42.5 Å². The number of nitrogens with zero attached hydrogens (tertiary/aromatic N) is 2. The molecule has 5 rings (SSSR count). The second-order valence-corrected chi connectivity index (χ2v) is 12.1. The highest BCUT2D eigenvalue weighted by Crippen LogP contribution is 2.37. The average Bonchev–Trinajstić information content (AvgIpc) is 3.56. The Kier molecular flexibility index (Phi) is 11.2. The Labute approximate surface area is 265 Å². The molecule has 10 nitrogen and oxygen atoms in total. The second-order valence-electron chi connectivity index (χ2n) is 12.1. The van der Waals surface area contributed by atoms with Crippen LogP contribution in [0.2, 0.25) is 0 Å². The number of benzene rings is 2. The highest BCUT2D eigenvalue weighted by molar-refractivity contribution is 6.00. The van der Waals surface area contributed by atoms with Crippen LogP contribution >= 0.6 is 12.4 Å². The molecular weight excluding hydrogens is 586 g/mol. The van der Waals surface area contributed by atoms with E-state index in [0.717, 1.165) is 44.1 Å². The van der Waals surface area contributed by atoms with Crippen molar-refractivity contribution in [2.45, 2.75) is 82.5 Å². The van der Waals surface area contributed by atoms with Crippen molar-refractivity contribution in [2.24, 2.45) is 5.92 Å². The lowest BCUT2D eigenvalue weighted by atomic mass is 9.80. The van der Waals surface area contributed by atoms with E-state index in [1.165, 1.54) is 19.2 Å². The summed E-state index contributed by atoms with van der Waals surface area (Å²) in [6, 6.07) is 11.3. The first-order chi connectivity index (χ1) is 20.8. The van der Waals surface area contributed by atoms with Gasteiger partial charge in [-0.2, -0.15) is 0 Å². The molecule has 0 aromatic heterocycles. The fourth-order valence-corrected chi connectivity index (χ4v) is 6.79. The minimum absolute atomic E-state index is 0. The topological polar surface area (TPSA) is 129 Å². The van der Waals surface area contributed by atoms with E-state index in [-0.39, 0.29) is 35.7 Å². The van der Waals surface area contributed by atoms with Crippen molar-refractivity contribution in [3.63, 3.8) is 0 Å². The van der Waals surface area contributed by atoms with E-state index in [9.17, 15) is 24.6 Å². The molecule has 1 aliphatic carbocycles. The number of hydrogen-bond donors (Lipinski definition) is 3. The summed E-state index contributed by atoms with van der Waals surface area (Å²) in [5.41, 5.74) is 0.331. The number of carboxylic acids is 1. The Morgan fingerprint density at radius 3 is 2.36 bits per heavy atom. The number of carboxylic acid groups (broad SMARTS) is 1. The van der Waals surface area contributed by atoms with Crippen molar-refractivity contribution >= 4 is 30.2 Å². The van der Waals surface area contributed by atoms with Gasteiger partial charge in [-0.3, -0.25) is 14.5 Å². The number of unbranched alkanes of at least 4 members (excludes halogenated alkanes) is 1. The SMILES string of the molecule is CCCCN1C(=O)[C@@H]([C@H](O)C2CCCC2)NC(=O)C12CCN(Cc1ccc(Oc3ccc(C(=O)O)cc3OC)cc1)CC2.Cl. The standard InChI is InChI=1S/C33H43N3O7.ClH/c1-3-4-17-36-30(38)28(29(37)23-7-5-6-8-23)34-32(41)33(36)15-18-35(19-16-33)21-22-9-12-25(13-10-22)43-26-14-11-24(31(39)40)20-27(26)42-2;/h9-14,20,23,28-29,37H,3-8,15-19,21H2,1-2H3,(H,34,41)(H,39,40);1H/t28-,29-;/m1./s1. The molecule has 0 radical (unpaired) electrons. The average molecular weight is 630 g/mol. The van der Waals surface area contributed by atoms with Gasteiger partial charge in [-0.25, -0.2) is 4.79 Å². The number of piperazine rings is 1. The summed E-state index contributed by atoms with van der Waals surface area (Å²) in [5.74, 6) is 0.125. The van der Waals surface area contributed by atoms with Crippen LogP contribution in [0.25, 0.3) is 0 Å². The fraction of sp³-hybridized carbons (Fsp3) is 0.545. The molecule has 1 saturated carbocycles. The van der Waals surface area contributed by atoms with Gasteiger partial charge in [-0.1, -0.05) is 38.3 Å². The molecule has 2 heterocycles. The quantitative estimate of drug-likeness (QED) is 0.329. The number of rotatable bonds is 11. The molecule has 2 aromatic carbocycles. The molecule has 2 aliphatic heterocycles. The second kappa shape index (κ2) is 14.6. The lowest BCUT2D eigenvalue weighted by Crippen LogP contribution is -2.75. The van der Waals surface area contributed by atoms with Gasteiger partial charge in [0.2, 0.25) is 11.8 Å². The summed E-state index contributed by atoms with van der Waals surface area (Å²) in [6.07, 6.45) is 5.92. The molecule has 1 spiro atoms. The minimum Gasteiger partial charge on any atom is -0.493 e. The first-order valence-electron chi connectivity index (χ1n) is 15.5. The zero-order valence-corrected chi connectivity index (χ0v) is 26.3. The van der Waals surface area contributed by atoms with Gasteiger partial charge in [0.1, 0.15) is 17.3 Å². The number of amides is 2. The van der Waals surface area contributed by atoms with Crippen LogP contribution < -0.4 is 14.8 Å². The summed E-state index contributed by atoms with van der Waals surface area (Å²) in [4.78, 5) is 42.8. The number of hydrogen-bond acceptors (Lipinski definition) is 7. The summed E-state index contributed by atoms with van der Waals surface area (Å²) in [7, 11) is 1.47. The lowest BCUT2D eigenvalue weighted by molar-refractivity contribution is -0.165. The Balaban J connectivity index is 0.00000442. The monoisotopic (exact) mass is 629 g/mol. The smallest absolute Gasteiger partial charge is 0.335 e. The summed E-state index contributed by atoms with van der Waals surface area (Å²) in [6.45, 7) is 4.65. The molecule has 0 unspecified atom stereocenters. The molecule has 3 aliphatic rings. The number of aromatic carboxylic acids is 1. The Hall–Kier alpha value is -3.34. The van der Waals surface area contributed by atoms with Crippen LogP contribution in [0.5, 0.6) is 17.2 Å². The highest BCUT2D eigenvalue weighted by Gasteiger charge is 2.55. The molecule has 240 valence electrons. The predicted octanol–water partition coefficient (Wildman–Crippen LogP) is 4.62. The number of aliphatic hydroxyl groups excluding tert-OH is 1. The lowest BCUT2D eigenvalue weighted by Gasteiger charge is -2.52. The molecule has 2 saturated heterocycles. The summed E-state index contributed by atoms with van der Waals surface area (Å²) < 4.78 is 11.3. The number of likely N-dealkylation sites (tertiary alicyclic amines) is 1. The number of carbonyl (C=O) groups excluding carboxylic acids is 2. The van der Waals surface area contributed by atoms with Crippen molar-refractivity contribution in [3.8, 4) is 17.2 Å². The zero-order chi connectivity index (χ0) is 30.6. The maximum Gasteiger partial charge on any atom is 0.335 e. The van der Waals surface area contributed by atoms with Gasteiger partial charge < -0.3 is 29.9 Å². The van der Waals surface area contributed by atoms with Gasteiger partial charge in [-0.15, -0.1) is 12.4 Å². The molecule has 2 aromatic rings. The van der Waals surface area contributed by atoms with Crippen LogP contribution in [-0.2, 0) is 16.1 Å². The maximum absolute atomic E-state index is 13.8. The molecule has 44 heavy (non-hydrogen) atoms. The molecule has 11 heteroatoms. The van der Waals surface area contributed by atoms with Crippen LogP contribution in [0.1, 0.15) is 74.2 Å². The summed E-state index contributed by atoms with van der Waals surface area (Å²) in [5, 5.41) is 23.2. The van der Waals surface area contributed by atoms with E-state index < -0.39 is 23.7 Å². The van der Waals surface area contributed by atoms with E-state index in [0.29, 0.717) is 56.3 Å². The third-order valence-corrected chi connectivity index (χ3v) is 9.37. The van der Waals surface area contributed by atoms with Crippen LogP contribution in [0.3, 0.4) is 0 Å². The number of aliphatic hydroxyl groups is 1. The van der Waals surface area contributed by atoms with E-state index in [4.69, 9.17) is 9.47 Å². The Morgan fingerprint density at radius 2 is 1.75 bits per heavy atom. The number of piperidine rings is 1. The first-order valence-corrected chi connectivity index (χ1v) is 15.5. The van der Waals surface area contributed by atoms with Crippen molar-refractivity contribution in [1.82, 2.24) is 15.1 Å². The zero-order valence-electron chi connectivity index (χ0n) is 25.5. The molecule has 2 amide bonds. The molecule has 3 N–H and O–H groups in total. The van der Waals surface area contributed by atoms with Crippen molar-refractivity contribution in [3.05, 3.63) is 53.6 Å². The number of halogens is 1. The Morgan fingerprint density at radius 1 is 1.07 bits per heavy atom. The van der Waals surface area contributed by atoms with Gasteiger partial charge in [0, 0.05) is 26.2 Å². The van der Waals surface area contributed by atoms with Gasteiger partial charge in [0.15, 0.2) is 11.5 Å². The van der Waals surface area contributed by atoms with Crippen molar-refractivity contribution < 1.29 is 34.1 Å². The van der Waals surface area contributed by atoms with Gasteiger partial charge in [0.25, 0.3) is 0 Å². The highest BCUT2D eigenvalue weighted by atomic mass is 35.5. The molecule has 3 fully saturated rings. The first kappa shape index (κ1) is 33.6. The minimum atomic E-state index is -1.04. The number of methoxy groups -OCH3 is 1. The Bertz CT molecular complexity index is 1310. The number of ether oxygens (including phenoxy) is 2. The van der Waals surface area contributed by atoms with E-state index in [2.05, 4.69) is 17.1 Å². The molecule has 2 atom stereocenters. The third kappa shape index (κ3) is 6.98. The largest absolute Gasteiger partial charge is 0.493 e. The van der Waals surface area contributed by atoms with Crippen molar-refractivity contribution in [1.29, 1.82) is 0 Å². The van der Waals surface area contributed by atoms with Crippen LogP contribution in [-0.4, -0.2) is 82.2 Å². The molecule has 0 bridgehead atoms. The normalized spacial score (nSPS) is 21.1. The van der Waals surface area contributed by atoms with Crippen LogP contribution in [0, 0.1) is 5.92 Å². The van der Waals surface area contributed by atoms with Gasteiger partial charge in [-0.05, 0) is 73.9 Å². The van der Waals surface area contributed by atoms with E-state index in [1.54, 1.807) is 11.0 Å². The maximum atomic E-state index is 13.8. The van der Waals surface area contributed by atoms with Gasteiger partial charge >= 0.3 is 5.97 Å². The third-order valence-electron chi connectivity index (χ3n) is 9.37. The van der Waals surface area contributed by atoms with E-state index in [1.807, 2.05) is 24.3 Å². The van der Waals surface area contributed by atoms with Crippen LogP contribution in [0.4, 0.5) is 0 Å². The number of nitrogens with one attached hydrogen (secondary N) is 1. The van der Waals surface area contributed by atoms with Crippen molar-refractivity contribution in [2.75, 3.05) is 26.7 Å². The predicted molar refractivity (Wildman–Crippen MR) is 167 cm³/mol.